The lowest BCUT2D eigenvalue weighted by Gasteiger charge is -1.96. The summed E-state index contributed by atoms with van der Waals surface area (Å²) in [4.78, 5) is 7.60. The van der Waals surface area contributed by atoms with Crippen LogP contribution in [-0.2, 0) is 0 Å². The quantitative estimate of drug-likeness (QED) is 0.673. The van der Waals surface area contributed by atoms with Gasteiger partial charge in [-0.2, -0.15) is 0 Å². The largest absolute Gasteiger partial charge is 0.375 e. The Bertz CT molecular complexity index is 651. The van der Waals surface area contributed by atoms with Crippen LogP contribution in [0.1, 0.15) is 5.56 Å². The number of rotatable bonds is 1. The van der Waals surface area contributed by atoms with Crippen molar-refractivity contribution >= 4 is 27.4 Å². The van der Waals surface area contributed by atoms with Crippen LogP contribution in [0, 0.1) is 6.92 Å². The van der Waals surface area contributed by atoms with Gasteiger partial charge < -0.3 is 10.7 Å². The van der Waals surface area contributed by atoms with Gasteiger partial charge in [0, 0.05) is 28.0 Å². The minimum atomic E-state index is 0.608. The minimum Gasteiger partial charge on any atom is -0.375 e. The molecule has 2 heterocycles. The predicted molar refractivity (Wildman–Crippen MR) is 68.6 cm³/mol. The summed E-state index contributed by atoms with van der Waals surface area (Å²) in [7, 11) is 0. The van der Waals surface area contributed by atoms with Gasteiger partial charge in [0.05, 0.1) is 5.69 Å². The van der Waals surface area contributed by atoms with Crippen LogP contribution in [-0.4, -0.2) is 9.97 Å². The molecule has 3 rings (SSSR count). The Balaban J connectivity index is 2.29. The highest BCUT2D eigenvalue weighted by atomic mass is 32.1. The number of aromatic nitrogens is 2. The Hall–Kier alpha value is -1.81. The first-order valence-electron chi connectivity index (χ1n) is 5.04. The molecular weight excluding hydrogens is 218 g/mol. The molecule has 80 valence electrons. The minimum absolute atomic E-state index is 0.608. The molecule has 3 N–H and O–H groups in total. The Morgan fingerprint density at radius 1 is 1.38 bits per heavy atom. The number of thiazole rings is 1. The smallest absolute Gasteiger partial charge is 0.180 e. The summed E-state index contributed by atoms with van der Waals surface area (Å²) in [5, 5.41) is 3.79. The number of nitrogen functional groups attached to an aromatic ring is 1. The van der Waals surface area contributed by atoms with E-state index in [1.165, 1.54) is 27.8 Å². The van der Waals surface area contributed by atoms with Crippen LogP contribution in [0.15, 0.2) is 29.8 Å². The van der Waals surface area contributed by atoms with Crippen molar-refractivity contribution in [3.8, 4) is 11.3 Å². The maximum Gasteiger partial charge on any atom is 0.180 e. The molecular formula is C12H11N3S. The van der Waals surface area contributed by atoms with E-state index in [2.05, 4.69) is 35.1 Å². The Morgan fingerprint density at radius 2 is 2.25 bits per heavy atom. The molecule has 3 nitrogen and oxygen atoms in total. The zero-order valence-corrected chi connectivity index (χ0v) is 9.64. The molecule has 0 spiro atoms. The van der Waals surface area contributed by atoms with Crippen LogP contribution in [0.25, 0.3) is 22.2 Å². The number of nitrogens with one attached hydrogen (secondary N) is 1. The van der Waals surface area contributed by atoms with Gasteiger partial charge in [-0.05, 0) is 12.5 Å². The lowest BCUT2D eigenvalue weighted by molar-refractivity contribution is 1.40. The standard InChI is InChI=1S/C12H11N3S/c1-7-3-2-4-8-9(5-14-11(7)8)10-6-16-12(13)15-10/h2-6,14H,1H3,(H2,13,15). The summed E-state index contributed by atoms with van der Waals surface area (Å²) < 4.78 is 0. The van der Waals surface area contributed by atoms with E-state index in [9.17, 15) is 0 Å². The number of para-hydroxylation sites is 1. The first kappa shape index (κ1) is 9.42. The fourth-order valence-electron chi connectivity index (χ4n) is 1.93. The number of hydrogen-bond acceptors (Lipinski definition) is 3. The van der Waals surface area contributed by atoms with E-state index in [0.29, 0.717) is 5.13 Å². The van der Waals surface area contributed by atoms with Gasteiger partial charge in [-0.3, -0.25) is 0 Å². The van der Waals surface area contributed by atoms with Gasteiger partial charge in [0.25, 0.3) is 0 Å². The van der Waals surface area contributed by atoms with Crippen molar-refractivity contribution in [3.05, 3.63) is 35.3 Å². The first-order chi connectivity index (χ1) is 7.75. The summed E-state index contributed by atoms with van der Waals surface area (Å²) in [6, 6.07) is 6.26. The summed E-state index contributed by atoms with van der Waals surface area (Å²) in [5.74, 6) is 0. The number of anilines is 1. The number of hydrogen-bond donors (Lipinski definition) is 2. The average Bonchev–Trinajstić information content (AvgIpc) is 2.84. The zero-order chi connectivity index (χ0) is 11.1. The van der Waals surface area contributed by atoms with Crippen LogP contribution in [0.3, 0.4) is 0 Å². The van der Waals surface area contributed by atoms with Crippen molar-refractivity contribution in [1.29, 1.82) is 0 Å². The maximum atomic E-state index is 5.66. The molecule has 0 aliphatic carbocycles. The van der Waals surface area contributed by atoms with Crippen LogP contribution < -0.4 is 5.73 Å². The summed E-state index contributed by atoms with van der Waals surface area (Å²) in [6.07, 6.45) is 1.99. The molecule has 0 saturated carbocycles. The second-order valence-corrected chi connectivity index (χ2v) is 4.66. The van der Waals surface area contributed by atoms with E-state index in [1.54, 1.807) is 0 Å². The van der Waals surface area contributed by atoms with E-state index >= 15 is 0 Å². The molecule has 0 saturated heterocycles. The third kappa shape index (κ3) is 1.31. The lowest BCUT2D eigenvalue weighted by atomic mass is 10.1. The monoisotopic (exact) mass is 229 g/mol. The van der Waals surface area contributed by atoms with E-state index < -0.39 is 0 Å². The molecule has 0 radical (unpaired) electrons. The fraction of sp³-hybridized carbons (Fsp3) is 0.0833. The highest BCUT2D eigenvalue weighted by molar-refractivity contribution is 7.13. The molecule has 3 aromatic rings. The predicted octanol–water partition coefficient (Wildman–Crippen LogP) is 3.18. The first-order valence-corrected chi connectivity index (χ1v) is 5.92. The second kappa shape index (κ2) is 3.35. The van der Waals surface area contributed by atoms with E-state index in [4.69, 9.17) is 5.73 Å². The van der Waals surface area contributed by atoms with Crippen LogP contribution >= 0.6 is 11.3 Å². The van der Waals surface area contributed by atoms with Gasteiger partial charge in [0.2, 0.25) is 0 Å². The van der Waals surface area contributed by atoms with Crippen molar-refractivity contribution in [2.45, 2.75) is 6.92 Å². The second-order valence-electron chi connectivity index (χ2n) is 3.77. The molecule has 0 bridgehead atoms. The lowest BCUT2D eigenvalue weighted by Crippen LogP contribution is -1.82. The number of H-pyrrole nitrogens is 1. The number of nitrogens with zero attached hydrogens (tertiary/aromatic N) is 1. The number of fused-ring (bicyclic) bond motifs is 1. The normalized spacial score (nSPS) is 11.1. The number of benzene rings is 1. The number of aryl methyl sites for hydroxylation is 1. The van der Waals surface area contributed by atoms with Crippen LogP contribution in [0.4, 0.5) is 5.13 Å². The molecule has 4 heteroatoms. The number of aromatic amines is 1. The van der Waals surface area contributed by atoms with Gasteiger partial charge in [-0.1, -0.05) is 18.2 Å². The van der Waals surface area contributed by atoms with Gasteiger partial charge in [-0.25, -0.2) is 4.98 Å². The molecule has 2 aromatic heterocycles. The van der Waals surface area contributed by atoms with E-state index in [-0.39, 0.29) is 0 Å². The summed E-state index contributed by atoms with van der Waals surface area (Å²) >= 11 is 1.47. The van der Waals surface area contributed by atoms with Crippen molar-refractivity contribution in [2.24, 2.45) is 0 Å². The highest BCUT2D eigenvalue weighted by Gasteiger charge is 2.09. The fourth-order valence-corrected chi connectivity index (χ4v) is 2.49. The molecule has 0 atom stereocenters. The number of nitrogens with two attached hydrogens (primary N) is 1. The summed E-state index contributed by atoms with van der Waals surface area (Å²) in [5.41, 5.74) is 10.1. The summed E-state index contributed by atoms with van der Waals surface area (Å²) in [6.45, 7) is 2.10. The highest BCUT2D eigenvalue weighted by Crippen LogP contribution is 2.31. The third-order valence-electron chi connectivity index (χ3n) is 2.72. The Kier molecular flexibility index (Phi) is 1.97. The molecule has 0 aliphatic heterocycles. The van der Waals surface area contributed by atoms with Gasteiger partial charge >= 0.3 is 0 Å². The molecule has 0 amide bonds. The van der Waals surface area contributed by atoms with E-state index in [1.807, 2.05) is 11.6 Å². The topological polar surface area (TPSA) is 54.7 Å². The van der Waals surface area contributed by atoms with Crippen LogP contribution in [0.5, 0.6) is 0 Å². The zero-order valence-electron chi connectivity index (χ0n) is 8.82. The van der Waals surface area contributed by atoms with E-state index in [0.717, 1.165) is 11.3 Å². The van der Waals surface area contributed by atoms with Crippen molar-refractivity contribution in [3.63, 3.8) is 0 Å². The molecule has 0 unspecified atom stereocenters. The van der Waals surface area contributed by atoms with Crippen LogP contribution in [0.2, 0.25) is 0 Å². The SMILES string of the molecule is Cc1cccc2c(-c3csc(N)n3)c[nH]c12. The maximum absolute atomic E-state index is 5.66. The molecule has 16 heavy (non-hydrogen) atoms. The van der Waals surface area contributed by atoms with Gasteiger partial charge in [-0.15, -0.1) is 11.3 Å². The average molecular weight is 229 g/mol. The molecule has 0 aliphatic rings. The third-order valence-corrected chi connectivity index (χ3v) is 3.40. The van der Waals surface area contributed by atoms with Crippen molar-refractivity contribution in [1.82, 2.24) is 9.97 Å². The van der Waals surface area contributed by atoms with Gasteiger partial charge in [0.15, 0.2) is 5.13 Å². The van der Waals surface area contributed by atoms with Crippen molar-refractivity contribution < 1.29 is 0 Å². The molecule has 0 fully saturated rings. The van der Waals surface area contributed by atoms with Crippen molar-refractivity contribution in [2.75, 3.05) is 5.73 Å². The van der Waals surface area contributed by atoms with Gasteiger partial charge in [0.1, 0.15) is 0 Å². The Morgan fingerprint density at radius 3 is 3.00 bits per heavy atom. The molecule has 1 aromatic carbocycles. The Labute approximate surface area is 96.9 Å².